The van der Waals surface area contributed by atoms with E-state index in [1.807, 2.05) is 30.3 Å². The minimum Gasteiger partial charge on any atom is -0.481 e. The van der Waals surface area contributed by atoms with E-state index in [0.717, 1.165) is 18.4 Å². The second kappa shape index (κ2) is 10.1. The number of benzene rings is 1. The molecule has 1 heterocycles. The van der Waals surface area contributed by atoms with Crippen LogP contribution in [0.3, 0.4) is 0 Å². The largest absolute Gasteiger partial charge is 0.481 e. The Kier molecular flexibility index (Phi) is 7.87. The second-order valence-electron chi connectivity index (χ2n) is 8.15. The molecule has 0 unspecified atom stereocenters. The van der Waals surface area contributed by atoms with Crippen molar-refractivity contribution in [2.24, 2.45) is 0 Å². The topological polar surface area (TPSA) is 105 Å². The summed E-state index contributed by atoms with van der Waals surface area (Å²) in [5.74, 6) is -1.06. The molecule has 1 aliphatic heterocycles. The fourth-order valence-corrected chi connectivity index (χ4v) is 3.33. The van der Waals surface area contributed by atoms with Crippen molar-refractivity contribution in [1.29, 1.82) is 0 Å². The average molecular weight is 406 g/mol. The molecule has 1 aromatic carbocycles. The monoisotopic (exact) mass is 406 g/mol. The third kappa shape index (κ3) is 7.63. The fraction of sp³-hybridized carbons (Fsp3) is 0.571. The number of likely N-dealkylation sites (tertiary alicyclic amines) is 1. The average Bonchev–Trinajstić information content (AvgIpc) is 2.64. The summed E-state index contributed by atoms with van der Waals surface area (Å²) in [6, 6.07) is 8.07. The first-order chi connectivity index (χ1) is 13.7. The highest BCUT2D eigenvalue weighted by Crippen LogP contribution is 2.23. The van der Waals surface area contributed by atoms with Crippen LogP contribution in [0.1, 0.15) is 52.0 Å². The predicted octanol–water partition coefficient (Wildman–Crippen LogP) is 3.55. The van der Waals surface area contributed by atoms with Crippen LogP contribution >= 0.6 is 0 Å². The summed E-state index contributed by atoms with van der Waals surface area (Å²) in [5, 5.41) is 12.0. The second-order valence-corrected chi connectivity index (χ2v) is 8.15. The van der Waals surface area contributed by atoms with Crippen LogP contribution in [0.25, 0.3) is 0 Å². The molecule has 29 heavy (non-hydrogen) atoms. The maximum Gasteiger partial charge on any atom is 0.410 e. The smallest absolute Gasteiger partial charge is 0.410 e. The van der Waals surface area contributed by atoms with Crippen LogP contribution in [-0.2, 0) is 20.9 Å². The molecule has 0 saturated carbocycles. The molecule has 2 rings (SSSR count). The van der Waals surface area contributed by atoms with Gasteiger partial charge in [-0.3, -0.25) is 4.79 Å². The van der Waals surface area contributed by atoms with Crippen molar-refractivity contribution in [2.45, 2.75) is 70.7 Å². The van der Waals surface area contributed by atoms with E-state index in [1.54, 1.807) is 20.8 Å². The molecule has 8 heteroatoms. The van der Waals surface area contributed by atoms with Crippen LogP contribution < -0.4 is 5.32 Å². The number of hydrogen-bond acceptors (Lipinski definition) is 5. The zero-order valence-corrected chi connectivity index (χ0v) is 17.2. The standard InChI is InChI=1S/C21H30N2O6/c1-21(2,3)29-19(26)22-16(13-18(24)25)17-11-7-8-12-23(17)20(27)28-14-15-9-5-4-6-10-15/h4-6,9-10,16-17H,7-8,11-14H2,1-3H3,(H,22,26)(H,24,25)/t16-,17-/m0/s1. The van der Waals surface area contributed by atoms with E-state index in [4.69, 9.17) is 9.47 Å². The summed E-state index contributed by atoms with van der Waals surface area (Å²) in [7, 11) is 0. The number of carbonyl (C=O) groups excluding carboxylic acids is 2. The molecule has 2 N–H and O–H groups in total. The molecule has 2 atom stereocenters. The van der Waals surface area contributed by atoms with Gasteiger partial charge in [0.05, 0.1) is 18.5 Å². The van der Waals surface area contributed by atoms with Crippen LogP contribution in [0.4, 0.5) is 9.59 Å². The van der Waals surface area contributed by atoms with Crippen molar-refractivity contribution in [3.63, 3.8) is 0 Å². The Hall–Kier alpha value is -2.77. The molecular weight excluding hydrogens is 376 g/mol. The van der Waals surface area contributed by atoms with Crippen LogP contribution in [0, 0.1) is 0 Å². The highest BCUT2D eigenvalue weighted by atomic mass is 16.6. The van der Waals surface area contributed by atoms with Crippen LogP contribution in [0.15, 0.2) is 30.3 Å². The van der Waals surface area contributed by atoms with E-state index in [1.165, 1.54) is 4.90 Å². The highest BCUT2D eigenvalue weighted by molar-refractivity contribution is 5.73. The van der Waals surface area contributed by atoms with Gasteiger partial charge in [-0.2, -0.15) is 0 Å². The zero-order chi connectivity index (χ0) is 21.4. The SMILES string of the molecule is CC(C)(C)OC(=O)N[C@@H](CC(=O)O)[C@@H]1CCCCN1C(=O)OCc1ccccc1. The van der Waals surface area contributed by atoms with Crippen molar-refractivity contribution >= 4 is 18.2 Å². The van der Waals surface area contributed by atoms with Gasteiger partial charge in [-0.25, -0.2) is 9.59 Å². The number of piperidine rings is 1. The number of hydrogen-bond donors (Lipinski definition) is 2. The lowest BCUT2D eigenvalue weighted by atomic mass is 9.94. The quantitative estimate of drug-likeness (QED) is 0.749. The molecular formula is C21H30N2O6. The molecule has 1 aromatic rings. The summed E-state index contributed by atoms with van der Waals surface area (Å²) < 4.78 is 10.7. The van der Waals surface area contributed by atoms with E-state index < -0.39 is 35.8 Å². The van der Waals surface area contributed by atoms with E-state index in [9.17, 15) is 19.5 Å². The van der Waals surface area contributed by atoms with Crippen LogP contribution in [0.5, 0.6) is 0 Å². The van der Waals surface area contributed by atoms with Crippen molar-refractivity contribution in [2.75, 3.05) is 6.54 Å². The zero-order valence-electron chi connectivity index (χ0n) is 17.2. The van der Waals surface area contributed by atoms with Gasteiger partial charge in [0, 0.05) is 6.54 Å². The maximum absolute atomic E-state index is 12.7. The highest BCUT2D eigenvalue weighted by Gasteiger charge is 2.36. The normalized spacial score (nSPS) is 17.9. The summed E-state index contributed by atoms with van der Waals surface area (Å²) in [6.45, 7) is 5.77. The summed E-state index contributed by atoms with van der Waals surface area (Å²) in [6.07, 6.45) is 0.676. The minimum absolute atomic E-state index is 0.131. The molecule has 1 aliphatic rings. The van der Waals surface area contributed by atoms with Crippen molar-refractivity contribution < 1.29 is 29.0 Å². The Morgan fingerprint density at radius 2 is 1.90 bits per heavy atom. The Labute approximate surface area is 171 Å². The van der Waals surface area contributed by atoms with Gasteiger partial charge < -0.3 is 24.8 Å². The molecule has 0 radical (unpaired) electrons. The number of nitrogens with one attached hydrogen (secondary N) is 1. The minimum atomic E-state index is -1.06. The summed E-state index contributed by atoms with van der Waals surface area (Å²) in [5.41, 5.74) is 0.155. The number of carboxylic acid groups (broad SMARTS) is 1. The molecule has 1 fully saturated rings. The first-order valence-electron chi connectivity index (χ1n) is 9.84. The van der Waals surface area contributed by atoms with Gasteiger partial charge >= 0.3 is 18.2 Å². The molecule has 0 bridgehead atoms. The van der Waals surface area contributed by atoms with E-state index in [0.29, 0.717) is 13.0 Å². The number of aliphatic carboxylic acids is 1. The number of alkyl carbamates (subject to hydrolysis) is 1. The van der Waals surface area contributed by atoms with Gasteiger partial charge in [0.25, 0.3) is 0 Å². The van der Waals surface area contributed by atoms with E-state index >= 15 is 0 Å². The molecule has 0 aliphatic carbocycles. The molecule has 0 aromatic heterocycles. The fourth-order valence-electron chi connectivity index (χ4n) is 3.33. The lowest BCUT2D eigenvalue weighted by Crippen LogP contribution is -2.56. The first kappa shape index (κ1) is 22.5. The number of ether oxygens (including phenoxy) is 2. The van der Waals surface area contributed by atoms with E-state index in [2.05, 4.69) is 5.32 Å². The molecule has 160 valence electrons. The Morgan fingerprint density at radius 1 is 1.21 bits per heavy atom. The molecule has 1 saturated heterocycles. The van der Waals surface area contributed by atoms with Gasteiger partial charge in [-0.15, -0.1) is 0 Å². The first-order valence-corrected chi connectivity index (χ1v) is 9.84. The van der Waals surface area contributed by atoms with Crippen molar-refractivity contribution in [3.8, 4) is 0 Å². The number of amides is 2. The lowest BCUT2D eigenvalue weighted by Gasteiger charge is -2.39. The van der Waals surface area contributed by atoms with Crippen molar-refractivity contribution in [1.82, 2.24) is 10.2 Å². The number of rotatable bonds is 6. The third-order valence-corrected chi connectivity index (χ3v) is 4.55. The maximum atomic E-state index is 12.7. The van der Waals surface area contributed by atoms with Crippen LogP contribution in [0.2, 0.25) is 0 Å². The summed E-state index contributed by atoms with van der Waals surface area (Å²) >= 11 is 0. The summed E-state index contributed by atoms with van der Waals surface area (Å²) in [4.78, 5) is 37.8. The molecule has 8 nitrogen and oxygen atoms in total. The van der Waals surface area contributed by atoms with Crippen molar-refractivity contribution in [3.05, 3.63) is 35.9 Å². The Balaban J connectivity index is 2.08. The Bertz CT molecular complexity index is 701. The van der Waals surface area contributed by atoms with E-state index in [-0.39, 0.29) is 13.0 Å². The Morgan fingerprint density at radius 3 is 2.52 bits per heavy atom. The van der Waals surface area contributed by atoms with Gasteiger partial charge in [-0.1, -0.05) is 30.3 Å². The number of carboxylic acids is 1. The van der Waals surface area contributed by atoms with Gasteiger partial charge in [0.1, 0.15) is 12.2 Å². The molecule has 2 amide bonds. The van der Waals surface area contributed by atoms with Crippen LogP contribution in [-0.4, -0.2) is 52.4 Å². The number of carbonyl (C=O) groups is 3. The molecule has 0 spiro atoms. The predicted molar refractivity (Wildman–Crippen MR) is 106 cm³/mol. The van der Waals surface area contributed by atoms with Gasteiger partial charge in [0.2, 0.25) is 0 Å². The van der Waals surface area contributed by atoms with Gasteiger partial charge in [-0.05, 0) is 45.6 Å². The lowest BCUT2D eigenvalue weighted by molar-refractivity contribution is -0.138. The van der Waals surface area contributed by atoms with Gasteiger partial charge in [0.15, 0.2) is 0 Å². The number of nitrogens with zero attached hydrogens (tertiary/aromatic N) is 1. The third-order valence-electron chi connectivity index (χ3n) is 4.55.